The van der Waals surface area contributed by atoms with Crippen molar-refractivity contribution in [1.82, 2.24) is 4.98 Å². The fraction of sp³-hybridized carbons (Fsp3) is 0.150. The van der Waals surface area contributed by atoms with Crippen LogP contribution in [0.3, 0.4) is 0 Å². The second-order valence-corrected chi connectivity index (χ2v) is 7.22. The molecule has 2 aromatic heterocycles. The Morgan fingerprint density at radius 2 is 2.07 bits per heavy atom. The van der Waals surface area contributed by atoms with Crippen LogP contribution in [0.5, 0.6) is 0 Å². The van der Waals surface area contributed by atoms with Gasteiger partial charge in [-0.15, -0.1) is 11.3 Å². The molecule has 2 aromatic rings. The van der Waals surface area contributed by atoms with E-state index in [1.54, 1.807) is 36.7 Å². The molecule has 3 nitrogen and oxygen atoms in total. The van der Waals surface area contributed by atoms with Gasteiger partial charge in [-0.1, -0.05) is 6.07 Å². The Morgan fingerprint density at radius 1 is 1.19 bits per heavy atom. The van der Waals surface area contributed by atoms with Gasteiger partial charge in [-0.25, -0.2) is 13.1 Å². The summed E-state index contributed by atoms with van der Waals surface area (Å²) in [6, 6.07) is 7.89. The van der Waals surface area contributed by atoms with Gasteiger partial charge >= 0.3 is 7.40 Å². The molecule has 136 valence electrons. The molecule has 0 radical (unpaired) electrons. The Bertz CT molecular complexity index is 997. The molecule has 27 heavy (non-hydrogen) atoms. The topological polar surface area (TPSA) is 28.0 Å². The number of aromatic amines is 1. The number of aromatic nitrogens is 1. The fourth-order valence-electron chi connectivity index (χ4n) is 3.29. The van der Waals surface area contributed by atoms with Crippen LogP contribution in [0.4, 0.5) is 8.63 Å². The molecule has 0 fully saturated rings. The summed E-state index contributed by atoms with van der Waals surface area (Å²) in [5.41, 5.74) is 3.69. The summed E-state index contributed by atoms with van der Waals surface area (Å²) in [5.74, 6) is 0.869. The second-order valence-electron chi connectivity index (χ2n) is 6.27. The summed E-state index contributed by atoms with van der Waals surface area (Å²) in [4.78, 5) is 4.41. The van der Waals surface area contributed by atoms with Crippen molar-refractivity contribution in [3.8, 4) is 10.6 Å². The molecule has 0 amide bonds. The van der Waals surface area contributed by atoms with Gasteiger partial charge in [0.2, 0.25) is 0 Å². The van der Waals surface area contributed by atoms with Crippen LogP contribution in [0.15, 0.2) is 71.0 Å². The number of methoxy groups -OCH3 is 1. The van der Waals surface area contributed by atoms with E-state index in [9.17, 15) is 8.63 Å². The van der Waals surface area contributed by atoms with Crippen molar-refractivity contribution in [3.05, 3.63) is 76.7 Å². The zero-order chi connectivity index (χ0) is 18.8. The lowest BCUT2D eigenvalue weighted by molar-refractivity contribution is -0.340. The molecule has 0 spiro atoms. The summed E-state index contributed by atoms with van der Waals surface area (Å²) < 4.78 is 33.9. The van der Waals surface area contributed by atoms with Crippen LogP contribution in [-0.2, 0) is 4.74 Å². The Hall–Kier alpha value is -2.67. The fourth-order valence-corrected chi connectivity index (χ4v) is 4.00. The quantitative estimate of drug-likeness (QED) is 0.699. The number of hydrogen-bond acceptors (Lipinski definition) is 2. The summed E-state index contributed by atoms with van der Waals surface area (Å²) in [7, 11) is -0.984. The summed E-state index contributed by atoms with van der Waals surface area (Å²) in [5, 5.41) is 2.01. The normalized spacial score (nSPS) is 18.1. The van der Waals surface area contributed by atoms with Crippen molar-refractivity contribution in [2.24, 2.45) is 0 Å². The molecule has 1 aliphatic carbocycles. The predicted octanol–water partition coefficient (Wildman–Crippen LogP) is 5.28. The third-order valence-electron chi connectivity index (χ3n) is 4.65. The monoisotopic (exact) mass is 383 g/mol. The molecule has 0 saturated carbocycles. The molecule has 0 atom stereocenters. The molecule has 1 aliphatic heterocycles. The SMILES string of the molecule is COC1=CC=C(C2=[N+](B(F)F)/C(=C\c3ccc(-c4cccs4)[nH]3)C=C2)CC1. The number of H-pyrrole nitrogens is 1. The Kier molecular flexibility index (Phi) is 4.94. The maximum absolute atomic E-state index is 13.8. The summed E-state index contributed by atoms with van der Waals surface area (Å²) in [6.45, 7) is 0. The standard InChI is InChI=1S/C20H17BF2N2OS/c1-26-17-8-4-14(5-9-17)19-11-7-16(25(19)21(22)23)13-15-6-10-18(24-15)20-3-2-12-27-20/h2-4,6-8,10-13H,5,9H2,1H3/p+1. The highest BCUT2D eigenvalue weighted by atomic mass is 32.1. The number of thiophene rings is 1. The molecule has 1 N–H and O–H groups in total. The average Bonchev–Trinajstić information content (AvgIpc) is 3.42. The molecular formula is C20H18BF2N2OS+. The molecule has 7 heteroatoms. The highest BCUT2D eigenvalue weighted by Gasteiger charge is 2.42. The van der Waals surface area contributed by atoms with Gasteiger partial charge in [0.05, 0.1) is 23.4 Å². The largest absolute Gasteiger partial charge is 0.935 e. The van der Waals surface area contributed by atoms with Gasteiger partial charge in [-0.05, 0) is 42.2 Å². The minimum Gasteiger partial charge on any atom is -0.501 e. The predicted molar refractivity (Wildman–Crippen MR) is 107 cm³/mol. The van der Waals surface area contributed by atoms with Crippen molar-refractivity contribution >= 4 is 30.5 Å². The van der Waals surface area contributed by atoms with Gasteiger partial charge in [0.25, 0.3) is 0 Å². The Morgan fingerprint density at radius 3 is 2.74 bits per heavy atom. The zero-order valence-corrected chi connectivity index (χ0v) is 15.6. The van der Waals surface area contributed by atoms with Crippen molar-refractivity contribution in [1.29, 1.82) is 0 Å². The third kappa shape index (κ3) is 3.60. The highest BCUT2D eigenvalue weighted by molar-refractivity contribution is 7.13. The van der Waals surface area contributed by atoms with Gasteiger partial charge in [0.1, 0.15) is 0 Å². The first-order valence-corrected chi connectivity index (χ1v) is 9.55. The molecule has 3 heterocycles. The van der Waals surface area contributed by atoms with Crippen LogP contribution in [0, 0.1) is 0 Å². The number of nitrogens with zero attached hydrogens (tertiary/aromatic N) is 1. The van der Waals surface area contributed by atoms with E-state index >= 15 is 0 Å². The van der Waals surface area contributed by atoms with Gasteiger partial charge < -0.3 is 9.72 Å². The van der Waals surface area contributed by atoms with Crippen molar-refractivity contribution in [3.63, 3.8) is 0 Å². The lowest BCUT2D eigenvalue weighted by Gasteiger charge is -2.12. The van der Waals surface area contributed by atoms with E-state index in [1.807, 2.05) is 41.8 Å². The smallest absolute Gasteiger partial charge is 0.501 e. The molecule has 4 rings (SSSR count). The number of nitrogens with one attached hydrogen (secondary N) is 1. The number of allylic oxidation sites excluding steroid dienone is 6. The second kappa shape index (κ2) is 7.52. The van der Waals surface area contributed by atoms with Crippen LogP contribution in [0.2, 0.25) is 0 Å². The van der Waals surface area contributed by atoms with Crippen molar-refractivity contribution < 1.29 is 17.9 Å². The first-order chi connectivity index (χ1) is 13.2. The van der Waals surface area contributed by atoms with E-state index in [4.69, 9.17) is 4.74 Å². The van der Waals surface area contributed by atoms with E-state index in [-0.39, 0.29) is 0 Å². The van der Waals surface area contributed by atoms with Crippen LogP contribution < -0.4 is 0 Å². The third-order valence-corrected chi connectivity index (χ3v) is 5.55. The minimum absolute atomic E-state index is 0.474. The number of rotatable bonds is 5. The zero-order valence-electron chi connectivity index (χ0n) is 14.8. The van der Waals surface area contributed by atoms with Gasteiger partial charge in [0, 0.05) is 35.9 Å². The van der Waals surface area contributed by atoms with Crippen molar-refractivity contribution in [2.75, 3.05) is 7.11 Å². The molecule has 2 aliphatic rings. The number of halogens is 2. The Balaban J connectivity index is 1.67. The first kappa shape index (κ1) is 17.7. The van der Waals surface area contributed by atoms with Crippen LogP contribution in [0.25, 0.3) is 16.6 Å². The first-order valence-electron chi connectivity index (χ1n) is 8.67. The maximum atomic E-state index is 13.8. The molecule has 0 saturated heterocycles. The van der Waals surface area contributed by atoms with Gasteiger partial charge in [-0.2, -0.15) is 0 Å². The molecule has 0 aromatic carbocycles. The summed E-state index contributed by atoms with van der Waals surface area (Å²) in [6.07, 6.45) is 10.4. The van der Waals surface area contributed by atoms with Crippen molar-refractivity contribution in [2.45, 2.75) is 12.8 Å². The average molecular weight is 383 g/mol. The van der Waals surface area contributed by atoms with Gasteiger partial charge in [0.15, 0.2) is 11.4 Å². The van der Waals surface area contributed by atoms with E-state index in [0.717, 1.165) is 38.5 Å². The molecule has 0 bridgehead atoms. The summed E-state index contributed by atoms with van der Waals surface area (Å²) >= 11 is 1.64. The van der Waals surface area contributed by atoms with Crippen LogP contribution >= 0.6 is 11.3 Å². The lowest BCUT2D eigenvalue weighted by atomic mass is 9.98. The maximum Gasteiger partial charge on any atom is 0.935 e. The van der Waals surface area contributed by atoms with Crippen LogP contribution in [0.1, 0.15) is 18.5 Å². The van der Waals surface area contributed by atoms with Gasteiger partial charge in [-0.3, -0.25) is 0 Å². The van der Waals surface area contributed by atoms with E-state index < -0.39 is 7.40 Å². The van der Waals surface area contributed by atoms with Crippen LogP contribution in [-0.4, -0.2) is 29.7 Å². The minimum atomic E-state index is -2.61. The van der Waals surface area contributed by atoms with E-state index in [0.29, 0.717) is 17.8 Å². The number of hydrogen-bond donors (Lipinski definition) is 1. The molecule has 0 unspecified atom stereocenters. The Labute approximate surface area is 160 Å². The lowest BCUT2D eigenvalue weighted by Crippen LogP contribution is -2.26. The highest BCUT2D eigenvalue weighted by Crippen LogP contribution is 2.27. The number of ether oxygens (including phenoxy) is 1. The van der Waals surface area contributed by atoms with E-state index in [1.165, 1.54) is 0 Å². The van der Waals surface area contributed by atoms with E-state index in [2.05, 4.69) is 4.98 Å². The molecular weight excluding hydrogens is 365 g/mol.